The van der Waals surface area contributed by atoms with Crippen LogP contribution in [0.15, 0.2) is 23.1 Å². The first kappa shape index (κ1) is 12.5. The van der Waals surface area contributed by atoms with E-state index in [0.29, 0.717) is 0 Å². The van der Waals surface area contributed by atoms with Crippen molar-refractivity contribution in [3.8, 4) is 11.5 Å². The number of benzene rings is 1. The van der Waals surface area contributed by atoms with E-state index in [-0.39, 0.29) is 22.5 Å². The summed E-state index contributed by atoms with van der Waals surface area (Å²) in [5, 5.41) is 0. The molecule has 1 aromatic carbocycles. The van der Waals surface area contributed by atoms with E-state index >= 15 is 0 Å². The number of rotatable bonds is 4. The molecule has 0 unspecified atom stereocenters. The molecule has 0 atom stereocenters. The van der Waals surface area contributed by atoms with E-state index in [1.165, 1.54) is 7.11 Å². The van der Waals surface area contributed by atoms with Crippen molar-refractivity contribution < 1.29 is 17.9 Å². The molecule has 0 saturated heterocycles. The third kappa shape index (κ3) is 2.66. The number of halogens is 1. The average molecular weight is 277 g/mol. The number of ether oxygens (including phenoxy) is 2. The number of hydrogen-bond donors (Lipinski definition) is 0. The third-order valence-corrected chi connectivity index (χ3v) is 4.11. The molecular formula is C11H13ClO4S. The van der Waals surface area contributed by atoms with Crippen LogP contribution in [-0.2, 0) is 9.05 Å². The van der Waals surface area contributed by atoms with Gasteiger partial charge in [-0.3, -0.25) is 0 Å². The Hall–Kier alpha value is -0.940. The molecule has 0 bridgehead atoms. The first-order valence-corrected chi connectivity index (χ1v) is 7.61. The van der Waals surface area contributed by atoms with E-state index < -0.39 is 9.05 Å². The zero-order valence-electron chi connectivity index (χ0n) is 9.35. The largest absolute Gasteiger partial charge is 0.495 e. The summed E-state index contributed by atoms with van der Waals surface area (Å²) in [6.07, 6.45) is 3.08. The molecule has 94 valence electrons. The Morgan fingerprint density at radius 2 is 1.94 bits per heavy atom. The van der Waals surface area contributed by atoms with Crippen LogP contribution in [0.3, 0.4) is 0 Å². The molecule has 1 fully saturated rings. The molecule has 0 aromatic heterocycles. The normalized spacial score (nSPS) is 16.4. The summed E-state index contributed by atoms with van der Waals surface area (Å²) in [4.78, 5) is -0.0870. The van der Waals surface area contributed by atoms with Gasteiger partial charge in [0.15, 0.2) is 4.90 Å². The summed E-state index contributed by atoms with van der Waals surface area (Å²) in [6, 6.07) is 4.82. The van der Waals surface area contributed by atoms with Gasteiger partial charge in [-0.1, -0.05) is 6.07 Å². The van der Waals surface area contributed by atoms with Crippen LogP contribution in [0.25, 0.3) is 0 Å². The molecule has 2 rings (SSSR count). The fraction of sp³-hybridized carbons (Fsp3) is 0.455. The summed E-state index contributed by atoms with van der Waals surface area (Å²) in [7, 11) is 2.92. The Labute approximate surface area is 105 Å². The van der Waals surface area contributed by atoms with Crippen LogP contribution in [0, 0.1) is 0 Å². The number of hydrogen-bond acceptors (Lipinski definition) is 4. The smallest absolute Gasteiger partial charge is 0.268 e. The number of methoxy groups -OCH3 is 1. The van der Waals surface area contributed by atoms with Gasteiger partial charge >= 0.3 is 0 Å². The Bertz CT molecular complexity index is 508. The molecule has 0 spiro atoms. The monoisotopic (exact) mass is 276 g/mol. The Morgan fingerprint density at radius 1 is 1.29 bits per heavy atom. The molecule has 0 amide bonds. The second kappa shape index (κ2) is 4.74. The Kier molecular flexibility index (Phi) is 3.49. The molecular weight excluding hydrogens is 264 g/mol. The highest BCUT2D eigenvalue weighted by Gasteiger charge is 2.26. The van der Waals surface area contributed by atoms with Gasteiger partial charge in [0.25, 0.3) is 9.05 Å². The predicted octanol–water partition coefficient (Wildman–Crippen LogP) is 2.55. The first-order chi connectivity index (χ1) is 8.02. The lowest BCUT2D eigenvalue weighted by Gasteiger charge is -2.27. The first-order valence-electron chi connectivity index (χ1n) is 5.30. The topological polar surface area (TPSA) is 52.6 Å². The van der Waals surface area contributed by atoms with E-state index in [0.717, 1.165) is 19.3 Å². The summed E-state index contributed by atoms with van der Waals surface area (Å²) >= 11 is 0. The van der Waals surface area contributed by atoms with E-state index in [1.807, 2.05) is 0 Å². The van der Waals surface area contributed by atoms with Crippen molar-refractivity contribution in [3.63, 3.8) is 0 Å². The van der Waals surface area contributed by atoms with Crippen molar-refractivity contribution in [3.05, 3.63) is 18.2 Å². The SMILES string of the molecule is COc1cccc(OC2CCC2)c1S(=O)(=O)Cl. The summed E-state index contributed by atoms with van der Waals surface area (Å²) < 4.78 is 33.7. The fourth-order valence-electron chi connectivity index (χ4n) is 1.66. The van der Waals surface area contributed by atoms with Crippen LogP contribution >= 0.6 is 10.7 Å². The molecule has 0 aliphatic heterocycles. The minimum Gasteiger partial charge on any atom is -0.495 e. The van der Waals surface area contributed by atoms with Gasteiger partial charge < -0.3 is 9.47 Å². The van der Waals surface area contributed by atoms with Gasteiger partial charge in [0.05, 0.1) is 13.2 Å². The molecule has 0 heterocycles. The van der Waals surface area contributed by atoms with E-state index in [2.05, 4.69) is 0 Å². The molecule has 0 N–H and O–H groups in total. The molecule has 1 aromatic rings. The van der Waals surface area contributed by atoms with Crippen molar-refractivity contribution in [1.82, 2.24) is 0 Å². The van der Waals surface area contributed by atoms with Crippen LogP contribution < -0.4 is 9.47 Å². The summed E-state index contributed by atoms with van der Waals surface area (Å²) in [5.41, 5.74) is 0. The van der Waals surface area contributed by atoms with Crippen LogP contribution in [0.1, 0.15) is 19.3 Å². The quantitative estimate of drug-likeness (QED) is 0.793. The summed E-state index contributed by atoms with van der Waals surface area (Å²) in [5.74, 6) is 0.473. The van der Waals surface area contributed by atoms with Crippen molar-refractivity contribution >= 4 is 19.7 Å². The molecule has 0 radical (unpaired) electrons. The van der Waals surface area contributed by atoms with Gasteiger partial charge in [0, 0.05) is 10.7 Å². The molecule has 1 aliphatic carbocycles. The second-order valence-corrected chi connectivity index (χ2v) is 6.40. The highest BCUT2D eigenvalue weighted by Crippen LogP contribution is 2.37. The molecule has 17 heavy (non-hydrogen) atoms. The van der Waals surface area contributed by atoms with Gasteiger partial charge in [-0.05, 0) is 31.4 Å². The maximum Gasteiger partial charge on any atom is 0.268 e. The van der Waals surface area contributed by atoms with Crippen LogP contribution in [0.2, 0.25) is 0 Å². The lowest BCUT2D eigenvalue weighted by Crippen LogP contribution is -2.25. The molecule has 6 heteroatoms. The van der Waals surface area contributed by atoms with E-state index in [4.69, 9.17) is 20.2 Å². The highest BCUT2D eigenvalue weighted by molar-refractivity contribution is 8.13. The zero-order valence-corrected chi connectivity index (χ0v) is 10.9. The highest BCUT2D eigenvalue weighted by atomic mass is 35.7. The van der Waals surface area contributed by atoms with Crippen molar-refractivity contribution in [1.29, 1.82) is 0 Å². The van der Waals surface area contributed by atoms with Gasteiger partial charge in [-0.15, -0.1) is 0 Å². The maximum atomic E-state index is 11.5. The molecule has 4 nitrogen and oxygen atoms in total. The molecule has 1 saturated carbocycles. The van der Waals surface area contributed by atoms with E-state index in [9.17, 15) is 8.42 Å². The second-order valence-electron chi connectivity index (χ2n) is 3.90. The lowest BCUT2D eigenvalue weighted by molar-refractivity contribution is 0.116. The fourth-order valence-corrected chi connectivity index (χ4v) is 2.86. The summed E-state index contributed by atoms with van der Waals surface area (Å²) in [6.45, 7) is 0. The van der Waals surface area contributed by atoms with Crippen LogP contribution in [0.5, 0.6) is 11.5 Å². The third-order valence-electron chi connectivity index (χ3n) is 2.75. The van der Waals surface area contributed by atoms with Gasteiger partial charge in [0.1, 0.15) is 11.5 Å². The van der Waals surface area contributed by atoms with Gasteiger partial charge in [0.2, 0.25) is 0 Å². The predicted molar refractivity (Wildman–Crippen MR) is 64.3 cm³/mol. The minimum atomic E-state index is -3.88. The van der Waals surface area contributed by atoms with Crippen LogP contribution in [0.4, 0.5) is 0 Å². The van der Waals surface area contributed by atoms with Gasteiger partial charge in [-0.25, -0.2) is 8.42 Å². The van der Waals surface area contributed by atoms with Gasteiger partial charge in [-0.2, -0.15) is 0 Å². The minimum absolute atomic E-state index is 0.0827. The molecule has 1 aliphatic rings. The standard InChI is InChI=1S/C11H13ClO4S/c1-15-9-6-3-7-10(11(9)17(12,13)14)16-8-4-2-5-8/h3,6-8H,2,4-5H2,1H3. The Balaban J connectivity index is 2.42. The van der Waals surface area contributed by atoms with Crippen molar-refractivity contribution in [2.75, 3.05) is 7.11 Å². The van der Waals surface area contributed by atoms with Crippen molar-refractivity contribution in [2.45, 2.75) is 30.3 Å². The lowest BCUT2D eigenvalue weighted by atomic mass is 9.96. The van der Waals surface area contributed by atoms with Crippen LogP contribution in [-0.4, -0.2) is 21.6 Å². The maximum absolute atomic E-state index is 11.5. The van der Waals surface area contributed by atoms with Crippen molar-refractivity contribution in [2.24, 2.45) is 0 Å². The average Bonchev–Trinajstić information content (AvgIpc) is 2.21. The Morgan fingerprint density at radius 3 is 2.41 bits per heavy atom. The zero-order chi connectivity index (χ0) is 12.5. The van der Waals surface area contributed by atoms with E-state index in [1.54, 1.807) is 18.2 Å².